The minimum atomic E-state index is -0.0247. The van der Waals surface area contributed by atoms with E-state index in [1.54, 1.807) is 19.4 Å². The van der Waals surface area contributed by atoms with E-state index >= 15 is 0 Å². The second-order valence-electron chi connectivity index (χ2n) is 3.38. The summed E-state index contributed by atoms with van der Waals surface area (Å²) in [6, 6.07) is 11.6. The third kappa shape index (κ3) is 1.90. The van der Waals surface area contributed by atoms with E-state index in [1.165, 1.54) is 0 Å². The lowest BCUT2D eigenvalue weighted by molar-refractivity contribution is 0.281. The number of ether oxygens (including phenoxy) is 1. The molecule has 16 heavy (non-hydrogen) atoms. The molecule has 0 amide bonds. The van der Waals surface area contributed by atoms with Gasteiger partial charge in [-0.05, 0) is 17.2 Å². The molecule has 0 aliphatic carbocycles. The molecule has 0 atom stereocenters. The Balaban J connectivity index is 2.62. The zero-order valence-corrected chi connectivity index (χ0v) is 9.05. The number of hydrogen-bond acceptors (Lipinski definition) is 3. The summed E-state index contributed by atoms with van der Waals surface area (Å²) in [7, 11) is 1.58. The molecule has 0 aliphatic heterocycles. The SMILES string of the molecule is COc1nccc(CO)c1-c1ccccc1. The molecular weight excluding hydrogens is 202 g/mol. The number of aliphatic hydroxyl groups excluding tert-OH is 1. The number of nitrogens with zero attached hydrogens (tertiary/aromatic N) is 1. The van der Waals surface area contributed by atoms with Crippen molar-refractivity contribution in [3.8, 4) is 17.0 Å². The number of benzene rings is 1. The first-order valence-electron chi connectivity index (χ1n) is 5.05. The van der Waals surface area contributed by atoms with Gasteiger partial charge >= 0.3 is 0 Å². The first-order valence-corrected chi connectivity index (χ1v) is 5.05. The van der Waals surface area contributed by atoms with E-state index in [2.05, 4.69) is 4.98 Å². The van der Waals surface area contributed by atoms with Crippen molar-refractivity contribution in [2.24, 2.45) is 0 Å². The van der Waals surface area contributed by atoms with Crippen LogP contribution in [-0.2, 0) is 6.61 Å². The maximum absolute atomic E-state index is 9.32. The molecule has 1 heterocycles. The van der Waals surface area contributed by atoms with E-state index < -0.39 is 0 Å². The predicted molar refractivity (Wildman–Crippen MR) is 62.1 cm³/mol. The Morgan fingerprint density at radius 2 is 1.94 bits per heavy atom. The highest BCUT2D eigenvalue weighted by molar-refractivity contribution is 5.71. The summed E-state index contributed by atoms with van der Waals surface area (Å²) in [5.41, 5.74) is 2.67. The Hall–Kier alpha value is -1.87. The molecule has 1 N–H and O–H groups in total. The average Bonchev–Trinajstić information content (AvgIpc) is 2.38. The fourth-order valence-electron chi connectivity index (χ4n) is 1.68. The molecule has 3 nitrogen and oxygen atoms in total. The number of methoxy groups -OCH3 is 1. The van der Waals surface area contributed by atoms with Gasteiger partial charge in [0, 0.05) is 11.8 Å². The van der Waals surface area contributed by atoms with E-state index in [-0.39, 0.29) is 6.61 Å². The van der Waals surface area contributed by atoms with Crippen LogP contribution in [0.5, 0.6) is 5.88 Å². The highest BCUT2D eigenvalue weighted by atomic mass is 16.5. The summed E-state index contributed by atoms with van der Waals surface area (Å²) in [5.74, 6) is 0.540. The first-order chi connectivity index (χ1) is 7.86. The summed E-state index contributed by atoms with van der Waals surface area (Å²) >= 11 is 0. The van der Waals surface area contributed by atoms with Crippen molar-refractivity contribution in [1.82, 2.24) is 4.98 Å². The van der Waals surface area contributed by atoms with Crippen LogP contribution in [0.1, 0.15) is 5.56 Å². The molecule has 2 aromatic rings. The average molecular weight is 215 g/mol. The smallest absolute Gasteiger partial charge is 0.221 e. The molecule has 82 valence electrons. The monoisotopic (exact) mass is 215 g/mol. The number of hydrogen-bond donors (Lipinski definition) is 1. The third-order valence-electron chi connectivity index (χ3n) is 2.43. The third-order valence-corrected chi connectivity index (χ3v) is 2.43. The molecule has 0 aliphatic rings. The summed E-state index contributed by atoms with van der Waals surface area (Å²) in [5, 5.41) is 9.32. The fraction of sp³-hybridized carbons (Fsp3) is 0.154. The molecule has 0 spiro atoms. The van der Waals surface area contributed by atoms with Gasteiger partial charge in [0.25, 0.3) is 0 Å². The van der Waals surface area contributed by atoms with E-state index in [9.17, 15) is 5.11 Å². The Kier molecular flexibility index (Phi) is 3.17. The molecular formula is C13H13NO2. The number of aliphatic hydroxyl groups is 1. The number of rotatable bonds is 3. The Morgan fingerprint density at radius 1 is 1.19 bits per heavy atom. The standard InChI is InChI=1S/C13H13NO2/c1-16-13-12(10-5-3-2-4-6-10)11(9-15)7-8-14-13/h2-8,15H,9H2,1H3. The molecule has 0 fully saturated rings. The molecule has 2 rings (SSSR count). The molecule has 1 aromatic carbocycles. The lowest BCUT2D eigenvalue weighted by Crippen LogP contribution is -1.96. The summed E-state index contributed by atoms with van der Waals surface area (Å²) < 4.78 is 5.22. The van der Waals surface area contributed by atoms with Gasteiger partial charge in [0.15, 0.2) is 0 Å². The van der Waals surface area contributed by atoms with Crippen LogP contribution in [0.3, 0.4) is 0 Å². The predicted octanol–water partition coefficient (Wildman–Crippen LogP) is 2.25. The molecule has 0 radical (unpaired) electrons. The largest absolute Gasteiger partial charge is 0.481 e. The second kappa shape index (κ2) is 4.77. The second-order valence-corrected chi connectivity index (χ2v) is 3.38. The van der Waals surface area contributed by atoms with Crippen LogP contribution in [-0.4, -0.2) is 17.2 Å². The minimum Gasteiger partial charge on any atom is -0.481 e. The van der Waals surface area contributed by atoms with Crippen LogP contribution in [0.4, 0.5) is 0 Å². The maximum Gasteiger partial charge on any atom is 0.221 e. The van der Waals surface area contributed by atoms with Crippen molar-refractivity contribution < 1.29 is 9.84 Å². The first kappa shape index (κ1) is 10.6. The van der Waals surface area contributed by atoms with Crippen molar-refractivity contribution in [2.75, 3.05) is 7.11 Å². The zero-order chi connectivity index (χ0) is 11.4. The Labute approximate surface area is 94.3 Å². The molecule has 0 saturated carbocycles. The van der Waals surface area contributed by atoms with Gasteiger partial charge in [-0.2, -0.15) is 0 Å². The van der Waals surface area contributed by atoms with Crippen LogP contribution in [0.25, 0.3) is 11.1 Å². The maximum atomic E-state index is 9.32. The highest BCUT2D eigenvalue weighted by Crippen LogP contribution is 2.31. The summed E-state index contributed by atoms with van der Waals surface area (Å²) in [6.07, 6.45) is 1.64. The molecule has 3 heteroatoms. The van der Waals surface area contributed by atoms with Crippen LogP contribution in [0.15, 0.2) is 42.6 Å². The van der Waals surface area contributed by atoms with Gasteiger partial charge in [-0.3, -0.25) is 0 Å². The van der Waals surface area contributed by atoms with Gasteiger partial charge in [-0.1, -0.05) is 30.3 Å². The van der Waals surface area contributed by atoms with Crippen molar-refractivity contribution >= 4 is 0 Å². The van der Waals surface area contributed by atoms with Gasteiger partial charge in [0.2, 0.25) is 5.88 Å². The van der Waals surface area contributed by atoms with Gasteiger partial charge in [-0.15, -0.1) is 0 Å². The van der Waals surface area contributed by atoms with E-state index in [0.717, 1.165) is 16.7 Å². The summed E-state index contributed by atoms with van der Waals surface area (Å²) in [4.78, 5) is 4.15. The van der Waals surface area contributed by atoms with Crippen molar-refractivity contribution in [2.45, 2.75) is 6.61 Å². The van der Waals surface area contributed by atoms with Crippen LogP contribution in [0.2, 0.25) is 0 Å². The topological polar surface area (TPSA) is 42.4 Å². The normalized spacial score (nSPS) is 10.1. The van der Waals surface area contributed by atoms with Crippen LogP contribution < -0.4 is 4.74 Å². The number of aromatic nitrogens is 1. The minimum absolute atomic E-state index is 0.0247. The van der Waals surface area contributed by atoms with E-state index in [1.807, 2.05) is 30.3 Å². The van der Waals surface area contributed by atoms with Crippen molar-refractivity contribution in [3.05, 3.63) is 48.2 Å². The van der Waals surface area contributed by atoms with Gasteiger partial charge in [-0.25, -0.2) is 4.98 Å². The number of pyridine rings is 1. The van der Waals surface area contributed by atoms with Crippen molar-refractivity contribution in [3.63, 3.8) is 0 Å². The molecule has 0 saturated heterocycles. The highest BCUT2D eigenvalue weighted by Gasteiger charge is 2.11. The zero-order valence-electron chi connectivity index (χ0n) is 9.05. The molecule has 1 aromatic heterocycles. The quantitative estimate of drug-likeness (QED) is 0.853. The Morgan fingerprint density at radius 3 is 2.56 bits per heavy atom. The van der Waals surface area contributed by atoms with Gasteiger partial charge in [0.05, 0.1) is 13.7 Å². The van der Waals surface area contributed by atoms with E-state index in [4.69, 9.17) is 4.74 Å². The Bertz CT molecular complexity index is 446. The molecule has 0 bridgehead atoms. The lowest BCUT2D eigenvalue weighted by atomic mass is 10.0. The van der Waals surface area contributed by atoms with E-state index in [0.29, 0.717) is 5.88 Å². The molecule has 0 unspecified atom stereocenters. The fourth-order valence-corrected chi connectivity index (χ4v) is 1.68. The lowest BCUT2D eigenvalue weighted by Gasteiger charge is -2.11. The summed E-state index contributed by atoms with van der Waals surface area (Å²) in [6.45, 7) is -0.0247. The van der Waals surface area contributed by atoms with Gasteiger partial charge in [0.1, 0.15) is 0 Å². The van der Waals surface area contributed by atoms with Crippen molar-refractivity contribution in [1.29, 1.82) is 0 Å². The van der Waals surface area contributed by atoms with Crippen LogP contribution >= 0.6 is 0 Å². The van der Waals surface area contributed by atoms with Gasteiger partial charge < -0.3 is 9.84 Å². The van der Waals surface area contributed by atoms with Crippen LogP contribution in [0, 0.1) is 0 Å².